The van der Waals surface area contributed by atoms with Crippen molar-refractivity contribution < 1.29 is 14.3 Å². The van der Waals surface area contributed by atoms with E-state index in [4.69, 9.17) is 23.2 Å². The van der Waals surface area contributed by atoms with Crippen LogP contribution in [-0.4, -0.2) is 32.4 Å². The molecule has 0 aromatic heterocycles. The number of nitrogens with zero attached hydrogens (tertiary/aromatic N) is 2. The number of nitrogens with one attached hydrogen (secondary N) is 1. The quantitative estimate of drug-likeness (QED) is 0.137. The maximum Gasteiger partial charge on any atom is 0.244 e. The third-order valence-electron chi connectivity index (χ3n) is 3.93. The van der Waals surface area contributed by atoms with E-state index in [1.807, 2.05) is 66.7 Å². The third kappa shape index (κ3) is 9.27. The standard InChI is InChI=1S/C21H16Cl2N2OS.C3H7NO2/c1-15(26)25(24-14-16-5-3-2-4-6-16)18-9-12-21(20(23)13-18)27-19-10-7-17(22)8-11-19;1-6-3-4-2-5/h2-14H,1H3;2H,3H2,1H3,(H,4,5)/b24-14+;. The highest BCUT2D eigenvalue weighted by Crippen LogP contribution is 2.36. The van der Waals surface area contributed by atoms with E-state index in [0.29, 0.717) is 28.9 Å². The summed E-state index contributed by atoms with van der Waals surface area (Å²) in [6.45, 7) is 1.76. The predicted molar refractivity (Wildman–Crippen MR) is 135 cm³/mol. The number of rotatable bonds is 8. The van der Waals surface area contributed by atoms with Crippen molar-refractivity contribution in [2.24, 2.45) is 5.10 Å². The molecule has 0 atom stereocenters. The maximum atomic E-state index is 12.0. The van der Waals surface area contributed by atoms with Crippen LogP contribution in [0.15, 0.2) is 87.7 Å². The van der Waals surface area contributed by atoms with Crippen molar-refractivity contribution in [2.75, 3.05) is 18.8 Å². The Kier molecular flexibility index (Phi) is 11.5. The Morgan fingerprint density at radius 3 is 2.33 bits per heavy atom. The molecule has 172 valence electrons. The first-order valence-electron chi connectivity index (χ1n) is 9.73. The molecule has 2 amide bonds. The Morgan fingerprint density at radius 1 is 1.09 bits per heavy atom. The van der Waals surface area contributed by atoms with Gasteiger partial charge in [-0.05, 0) is 48.0 Å². The zero-order chi connectivity index (χ0) is 24.1. The maximum absolute atomic E-state index is 12.0. The molecule has 0 heterocycles. The molecular formula is C24H23Cl2N3O3S. The molecule has 0 saturated carbocycles. The second-order valence-corrected chi connectivity index (χ2v) is 8.37. The summed E-state index contributed by atoms with van der Waals surface area (Å²) in [6.07, 6.45) is 2.23. The molecule has 0 fully saturated rings. The average molecular weight is 504 g/mol. The van der Waals surface area contributed by atoms with Crippen molar-refractivity contribution in [3.63, 3.8) is 0 Å². The van der Waals surface area contributed by atoms with Crippen LogP contribution in [0.3, 0.4) is 0 Å². The highest BCUT2D eigenvalue weighted by molar-refractivity contribution is 7.99. The summed E-state index contributed by atoms with van der Waals surface area (Å²) in [5.41, 5.74) is 1.52. The molecule has 1 N–H and O–H groups in total. The van der Waals surface area contributed by atoms with Gasteiger partial charge in [0.2, 0.25) is 12.3 Å². The number of carbonyl (C=O) groups is 2. The molecule has 9 heteroatoms. The summed E-state index contributed by atoms with van der Waals surface area (Å²) in [4.78, 5) is 23.3. The number of hydrogen-bond donors (Lipinski definition) is 1. The van der Waals surface area contributed by atoms with Gasteiger partial charge in [0.1, 0.15) is 6.73 Å². The van der Waals surface area contributed by atoms with Gasteiger partial charge in [0.15, 0.2) is 0 Å². The lowest BCUT2D eigenvalue weighted by Crippen LogP contribution is -2.22. The Hall–Kier alpha value is -2.84. The first-order chi connectivity index (χ1) is 15.9. The minimum Gasteiger partial charge on any atom is -0.365 e. The van der Waals surface area contributed by atoms with Crippen molar-refractivity contribution in [1.29, 1.82) is 0 Å². The van der Waals surface area contributed by atoms with E-state index < -0.39 is 0 Å². The molecule has 0 radical (unpaired) electrons. The van der Waals surface area contributed by atoms with E-state index in [1.165, 1.54) is 30.8 Å². The highest BCUT2D eigenvalue weighted by Gasteiger charge is 2.13. The molecule has 3 rings (SSSR count). The largest absolute Gasteiger partial charge is 0.365 e. The van der Waals surface area contributed by atoms with Gasteiger partial charge in [-0.25, -0.2) is 5.01 Å². The van der Waals surface area contributed by atoms with Gasteiger partial charge in [-0.1, -0.05) is 65.3 Å². The van der Waals surface area contributed by atoms with Crippen molar-refractivity contribution in [1.82, 2.24) is 5.32 Å². The third-order valence-corrected chi connectivity index (χ3v) is 5.69. The van der Waals surface area contributed by atoms with Gasteiger partial charge in [-0.3, -0.25) is 9.59 Å². The second-order valence-electron chi connectivity index (χ2n) is 6.41. The van der Waals surface area contributed by atoms with Gasteiger partial charge in [0, 0.05) is 28.8 Å². The van der Waals surface area contributed by atoms with E-state index in [0.717, 1.165) is 15.4 Å². The molecule has 3 aromatic rings. The lowest BCUT2D eigenvalue weighted by Gasteiger charge is -2.16. The van der Waals surface area contributed by atoms with Crippen LogP contribution >= 0.6 is 35.0 Å². The number of ether oxygens (including phenoxy) is 1. The zero-order valence-electron chi connectivity index (χ0n) is 18.1. The number of hydrogen-bond acceptors (Lipinski definition) is 5. The normalized spacial score (nSPS) is 10.3. The highest BCUT2D eigenvalue weighted by atomic mass is 35.5. The summed E-state index contributed by atoms with van der Waals surface area (Å²) in [5, 5.41) is 9.17. The van der Waals surface area contributed by atoms with E-state index in [-0.39, 0.29) is 5.91 Å². The lowest BCUT2D eigenvalue weighted by molar-refractivity contribution is -0.116. The van der Waals surface area contributed by atoms with E-state index in [2.05, 4.69) is 15.2 Å². The van der Waals surface area contributed by atoms with E-state index in [1.54, 1.807) is 12.3 Å². The number of carbonyl (C=O) groups excluding carboxylic acids is 2. The van der Waals surface area contributed by atoms with Crippen molar-refractivity contribution in [3.8, 4) is 0 Å². The summed E-state index contributed by atoms with van der Waals surface area (Å²) in [6, 6.07) is 22.6. The van der Waals surface area contributed by atoms with Crippen LogP contribution in [0.5, 0.6) is 0 Å². The zero-order valence-corrected chi connectivity index (χ0v) is 20.4. The minimum absolute atomic E-state index is 0.198. The molecule has 0 aliphatic rings. The van der Waals surface area contributed by atoms with Crippen LogP contribution in [0, 0.1) is 0 Å². The smallest absolute Gasteiger partial charge is 0.244 e. The molecule has 0 spiro atoms. The van der Waals surface area contributed by atoms with Gasteiger partial charge < -0.3 is 10.1 Å². The Balaban J connectivity index is 0.000000569. The average Bonchev–Trinajstić information content (AvgIpc) is 2.82. The molecule has 0 unspecified atom stereocenters. The lowest BCUT2D eigenvalue weighted by atomic mass is 10.2. The Bertz CT molecular complexity index is 1060. The second kappa shape index (κ2) is 14.3. The fourth-order valence-corrected chi connectivity index (χ4v) is 3.68. The molecule has 0 bridgehead atoms. The fraction of sp³-hybridized carbons (Fsp3) is 0.125. The SMILES string of the molecule is CC(=O)N(/N=C/c1ccccc1)c1ccc(Sc2ccc(Cl)cc2)c(Cl)c1.COCNC=O. The predicted octanol–water partition coefficient (Wildman–Crippen LogP) is 5.87. The number of amides is 2. The number of methoxy groups -OCH3 is 1. The van der Waals surface area contributed by atoms with Crippen molar-refractivity contribution >= 4 is 59.2 Å². The summed E-state index contributed by atoms with van der Waals surface area (Å²) >= 11 is 13.9. The Morgan fingerprint density at radius 2 is 1.79 bits per heavy atom. The van der Waals surface area contributed by atoms with Crippen LogP contribution in [0.1, 0.15) is 12.5 Å². The monoisotopic (exact) mass is 503 g/mol. The first-order valence-corrected chi connectivity index (χ1v) is 11.3. The molecule has 0 aliphatic heterocycles. The molecule has 33 heavy (non-hydrogen) atoms. The van der Waals surface area contributed by atoms with Crippen molar-refractivity contribution in [2.45, 2.75) is 16.7 Å². The van der Waals surface area contributed by atoms with E-state index >= 15 is 0 Å². The molecular weight excluding hydrogens is 481 g/mol. The fourth-order valence-electron chi connectivity index (χ4n) is 2.44. The summed E-state index contributed by atoms with van der Waals surface area (Å²) in [5.74, 6) is -0.198. The number of anilines is 1. The Labute approximate surface area is 207 Å². The van der Waals surface area contributed by atoms with Gasteiger partial charge in [-0.15, -0.1) is 0 Å². The van der Waals surface area contributed by atoms with Crippen LogP contribution in [0.25, 0.3) is 0 Å². The summed E-state index contributed by atoms with van der Waals surface area (Å²) in [7, 11) is 1.51. The topological polar surface area (TPSA) is 71.0 Å². The molecule has 3 aromatic carbocycles. The van der Waals surface area contributed by atoms with Crippen LogP contribution in [0.2, 0.25) is 10.0 Å². The summed E-state index contributed by atoms with van der Waals surface area (Å²) < 4.78 is 4.44. The van der Waals surface area contributed by atoms with Crippen LogP contribution < -0.4 is 10.3 Å². The van der Waals surface area contributed by atoms with Crippen LogP contribution in [-0.2, 0) is 14.3 Å². The van der Waals surface area contributed by atoms with Gasteiger partial charge in [0.05, 0.1) is 16.9 Å². The number of benzene rings is 3. The molecule has 0 saturated heterocycles. The molecule has 6 nitrogen and oxygen atoms in total. The van der Waals surface area contributed by atoms with Crippen molar-refractivity contribution in [3.05, 3.63) is 88.4 Å². The first kappa shape index (κ1) is 26.4. The number of halogens is 2. The molecule has 0 aliphatic carbocycles. The van der Waals surface area contributed by atoms with Gasteiger partial charge in [-0.2, -0.15) is 5.10 Å². The van der Waals surface area contributed by atoms with Gasteiger partial charge >= 0.3 is 0 Å². The number of hydrazone groups is 1. The van der Waals surface area contributed by atoms with E-state index in [9.17, 15) is 9.59 Å². The minimum atomic E-state index is -0.198. The van der Waals surface area contributed by atoms with Crippen LogP contribution in [0.4, 0.5) is 5.69 Å². The van der Waals surface area contributed by atoms with Gasteiger partial charge in [0.25, 0.3) is 0 Å².